The Morgan fingerprint density at radius 1 is 1.05 bits per heavy atom. The summed E-state index contributed by atoms with van der Waals surface area (Å²) in [6, 6.07) is 23.5. The number of nitrogens with one attached hydrogen (secondary N) is 1. The number of carbonyl (C=O) groups is 1. The van der Waals surface area contributed by atoms with Gasteiger partial charge in [-0.05, 0) is 84.2 Å². The minimum Gasteiger partial charge on any atom is -0.342 e. The Hall–Kier alpha value is -3.38. The van der Waals surface area contributed by atoms with Crippen molar-refractivity contribution in [2.45, 2.75) is 46.6 Å². The molecule has 0 unspecified atom stereocenters. The standard InChI is InChI=1S/C35H33Cl2N3OS/c1-35(2,3)24-11-16-29-31(18-24)42-34(32(29)33(41)39-27-14-12-25(36)13-15-27)38-19-23-21-40(30-10-5-4-9-28(23)30)20-22-7-6-8-26(37)17-22/h4-10,12-15,17,19,21,24H,11,16,18,20H2,1-3H3,(H,39,41)/t24-/m0/s1. The van der Waals surface area contributed by atoms with Crippen LogP contribution in [-0.4, -0.2) is 16.7 Å². The van der Waals surface area contributed by atoms with E-state index in [1.165, 1.54) is 4.88 Å². The van der Waals surface area contributed by atoms with Gasteiger partial charge in [0.2, 0.25) is 0 Å². The maximum atomic E-state index is 13.8. The fraction of sp³-hybridized carbons (Fsp3) is 0.257. The van der Waals surface area contributed by atoms with Crippen LogP contribution in [0.5, 0.6) is 0 Å². The smallest absolute Gasteiger partial charge is 0.259 e. The molecule has 1 amide bonds. The Morgan fingerprint density at radius 2 is 1.83 bits per heavy atom. The molecule has 5 aromatic rings. The second kappa shape index (κ2) is 11.7. The average molecular weight is 615 g/mol. The van der Waals surface area contributed by atoms with Gasteiger partial charge in [0.25, 0.3) is 5.91 Å². The summed E-state index contributed by atoms with van der Waals surface area (Å²) < 4.78 is 2.23. The number of aliphatic imine (C=N–C) groups is 1. The minimum absolute atomic E-state index is 0.125. The van der Waals surface area contributed by atoms with E-state index in [9.17, 15) is 4.79 Å². The summed E-state index contributed by atoms with van der Waals surface area (Å²) in [7, 11) is 0. The third-order valence-corrected chi connectivity index (χ3v) is 9.83. The predicted octanol–water partition coefficient (Wildman–Crippen LogP) is 10.2. The van der Waals surface area contributed by atoms with Crippen LogP contribution < -0.4 is 5.32 Å². The van der Waals surface area contributed by atoms with Crippen LogP contribution in [0.3, 0.4) is 0 Å². The molecule has 2 aromatic heterocycles. The normalized spacial score (nSPS) is 15.3. The van der Waals surface area contributed by atoms with Crippen LogP contribution in [-0.2, 0) is 19.4 Å². The molecule has 2 heterocycles. The van der Waals surface area contributed by atoms with E-state index in [4.69, 9.17) is 28.2 Å². The average Bonchev–Trinajstić information content (AvgIpc) is 3.50. The largest absolute Gasteiger partial charge is 0.342 e. The summed E-state index contributed by atoms with van der Waals surface area (Å²) in [5.41, 5.74) is 6.02. The number of anilines is 1. The zero-order valence-corrected chi connectivity index (χ0v) is 26.3. The predicted molar refractivity (Wildman–Crippen MR) is 178 cm³/mol. The molecule has 0 radical (unpaired) electrons. The number of fused-ring (bicyclic) bond motifs is 2. The van der Waals surface area contributed by atoms with Gasteiger partial charge in [-0.25, -0.2) is 4.99 Å². The summed E-state index contributed by atoms with van der Waals surface area (Å²) >= 11 is 14.0. The molecule has 1 aliphatic rings. The van der Waals surface area contributed by atoms with Crippen LogP contribution >= 0.6 is 34.5 Å². The van der Waals surface area contributed by atoms with E-state index in [0.29, 0.717) is 28.7 Å². The molecule has 42 heavy (non-hydrogen) atoms. The summed E-state index contributed by atoms with van der Waals surface area (Å²) in [4.78, 5) is 20.0. The lowest BCUT2D eigenvalue weighted by Crippen LogP contribution is -2.27. The lowest BCUT2D eigenvalue weighted by atomic mass is 9.72. The van der Waals surface area contributed by atoms with Gasteiger partial charge in [-0.15, -0.1) is 11.3 Å². The third kappa shape index (κ3) is 6.05. The number of nitrogens with zero attached hydrogens (tertiary/aromatic N) is 2. The van der Waals surface area contributed by atoms with Gasteiger partial charge in [-0.3, -0.25) is 4.79 Å². The van der Waals surface area contributed by atoms with Crippen molar-refractivity contribution in [2.24, 2.45) is 16.3 Å². The van der Waals surface area contributed by atoms with Crippen molar-refractivity contribution in [3.05, 3.63) is 116 Å². The maximum absolute atomic E-state index is 13.8. The first kappa shape index (κ1) is 28.7. The quantitative estimate of drug-likeness (QED) is 0.190. The summed E-state index contributed by atoms with van der Waals surface area (Å²) in [6.07, 6.45) is 6.96. The molecule has 0 aliphatic heterocycles. The molecule has 6 rings (SSSR count). The van der Waals surface area contributed by atoms with Crippen LogP contribution in [0.25, 0.3) is 10.9 Å². The highest BCUT2D eigenvalue weighted by Crippen LogP contribution is 2.45. The minimum atomic E-state index is -0.125. The number of rotatable bonds is 6. The zero-order valence-electron chi connectivity index (χ0n) is 24.0. The zero-order chi connectivity index (χ0) is 29.4. The molecule has 0 fully saturated rings. The second-order valence-electron chi connectivity index (χ2n) is 12.1. The van der Waals surface area contributed by atoms with Gasteiger partial charge >= 0.3 is 0 Å². The van der Waals surface area contributed by atoms with Gasteiger partial charge in [0.15, 0.2) is 0 Å². The van der Waals surface area contributed by atoms with Crippen LogP contribution in [0.15, 0.2) is 84.0 Å². The molecule has 7 heteroatoms. The Kier molecular flexibility index (Phi) is 8.01. The number of thiophene rings is 1. The Labute approximate surface area is 261 Å². The Morgan fingerprint density at radius 3 is 2.60 bits per heavy atom. The molecule has 0 saturated heterocycles. The molecule has 0 spiro atoms. The number of aromatic nitrogens is 1. The number of hydrogen-bond donors (Lipinski definition) is 1. The molecule has 0 saturated carbocycles. The molecule has 1 aliphatic carbocycles. The maximum Gasteiger partial charge on any atom is 0.259 e. The summed E-state index contributed by atoms with van der Waals surface area (Å²) in [5, 5.41) is 6.32. The van der Waals surface area contributed by atoms with Gasteiger partial charge in [0.05, 0.1) is 5.56 Å². The van der Waals surface area contributed by atoms with Crippen LogP contribution in [0, 0.1) is 11.3 Å². The van der Waals surface area contributed by atoms with E-state index in [0.717, 1.165) is 56.9 Å². The first-order valence-electron chi connectivity index (χ1n) is 14.2. The Bertz CT molecular complexity index is 1790. The molecule has 0 bridgehead atoms. The lowest BCUT2D eigenvalue weighted by Gasteiger charge is -2.33. The van der Waals surface area contributed by atoms with Crippen molar-refractivity contribution in [1.29, 1.82) is 0 Å². The number of para-hydroxylation sites is 1. The van der Waals surface area contributed by atoms with Gasteiger partial charge < -0.3 is 9.88 Å². The molecule has 214 valence electrons. The highest BCUT2D eigenvalue weighted by molar-refractivity contribution is 7.16. The number of hydrogen-bond acceptors (Lipinski definition) is 3. The molecular formula is C35H33Cl2N3OS. The number of amides is 1. The van der Waals surface area contributed by atoms with Gasteiger partial charge in [-0.2, -0.15) is 0 Å². The van der Waals surface area contributed by atoms with Gasteiger partial charge in [-0.1, -0.05) is 74.3 Å². The van der Waals surface area contributed by atoms with Crippen LogP contribution in [0.4, 0.5) is 10.7 Å². The second-order valence-corrected chi connectivity index (χ2v) is 14.0. The van der Waals surface area contributed by atoms with Crippen molar-refractivity contribution in [1.82, 2.24) is 4.57 Å². The van der Waals surface area contributed by atoms with E-state index in [2.05, 4.69) is 61.1 Å². The summed E-state index contributed by atoms with van der Waals surface area (Å²) in [5.74, 6) is 0.441. The highest BCUT2D eigenvalue weighted by Gasteiger charge is 2.33. The van der Waals surface area contributed by atoms with Crippen LogP contribution in [0.2, 0.25) is 10.0 Å². The van der Waals surface area contributed by atoms with Crippen molar-refractivity contribution in [2.75, 3.05) is 5.32 Å². The van der Waals surface area contributed by atoms with Crippen molar-refractivity contribution < 1.29 is 4.79 Å². The summed E-state index contributed by atoms with van der Waals surface area (Å²) in [6.45, 7) is 7.62. The monoisotopic (exact) mass is 613 g/mol. The van der Waals surface area contributed by atoms with Crippen molar-refractivity contribution >= 4 is 68.3 Å². The first-order valence-corrected chi connectivity index (χ1v) is 15.8. The van der Waals surface area contributed by atoms with Gasteiger partial charge in [0.1, 0.15) is 5.00 Å². The van der Waals surface area contributed by atoms with E-state index < -0.39 is 0 Å². The van der Waals surface area contributed by atoms with Crippen LogP contribution in [0.1, 0.15) is 59.1 Å². The van der Waals surface area contributed by atoms with E-state index in [-0.39, 0.29) is 11.3 Å². The fourth-order valence-electron chi connectivity index (χ4n) is 5.83. The number of carbonyl (C=O) groups excluding carboxylic acids is 1. The Balaban J connectivity index is 1.37. The molecular weight excluding hydrogens is 581 g/mol. The first-order chi connectivity index (χ1) is 20.2. The molecule has 3 aromatic carbocycles. The molecule has 1 N–H and O–H groups in total. The SMILES string of the molecule is CC(C)(C)[C@H]1CCc2c(sc(N=Cc3cn(Cc4cccc(Cl)c4)c4ccccc34)c2C(=O)Nc2ccc(Cl)cc2)C1. The number of benzene rings is 3. The lowest BCUT2D eigenvalue weighted by molar-refractivity contribution is 0.102. The van der Waals surface area contributed by atoms with Gasteiger partial charge in [0, 0.05) is 56.0 Å². The van der Waals surface area contributed by atoms with E-state index in [1.54, 1.807) is 23.5 Å². The van der Waals surface area contributed by atoms with Crippen molar-refractivity contribution in [3.63, 3.8) is 0 Å². The molecule has 4 nitrogen and oxygen atoms in total. The number of halogens is 2. The topological polar surface area (TPSA) is 46.4 Å². The van der Waals surface area contributed by atoms with Crippen molar-refractivity contribution in [3.8, 4) is 0 Å². The third-order valence-electron chi connectivity index (χ3n) is 8.18. The highest BCUT2D eigenvalue weighted by atomic mass is 35.5. The fourth-order valence-corrected chi connectivity index (χ4v) is 7.44. The van der Waals surface area contributed by atoms with E-state index in [1.807, 2.05) is 42.6 Å². The van der Waals surface area contributed by atoms with E-state index >= 15 is 0 Å². The molecule has 1 atom stereocenters.